The lowest BCUT2D eigenvalue weighted by molar-refractivity contribution is -0.135. The maximum Gasteiger partial charge on any atom is 0.307 e. The summed E-state index contributed by atoms with van der Waals surface area (Å²) in [5, 5.41) is 0. The molecule has 0 unspecified atom stereocenters. The molecule has 0 aromatic heterocycles. The van der Waals surface area contributed by atoms with Gasteiger partial charge in [-0.15, -0.1) is 0 Å². The molecule has 0 aromatic rings. The number of alkyl halides is 5. The molecule has 0 aromatic carbocycles. The van der Waals surface area contributed by atoms with Crippen molar-refractivity contribution in [2.45, 2.75) is 44.7 Å². The summed E-state index contributed by atoms with van der Waals surface area (Å²) >= 11 is 0. The van der Waals surface area contributed by atoms with Crippen molar-refractivity contribution in [1.82, 2.24) is 0 Å². The first-order valence-corrected chi connectivity index (χ1v) is 3.70. The van der Waals surface area contributed by atoms with Crippen LogP contribution in [0.15, 0.2) is 0 Å². The monoisotopic (exact) mass is 190 g/mol. The van der Waals surface area contributed by atoms with Gasteiger partial charge in [0.15, 0.2) is 0 Å². The number of hydrogen-bond donors (Lipinski definition) is 0. The molecule has 0 amide bonds. The Bertz CT molecular complexity index is 123. The van der Waals surface area contributed by atoms with Gasteiger partial charge in [0.1, 0.15) is 6.17 Å². The highest BCUT2D eigenvalue weighted by molar-refractivity contribution is 4.70. The Labute approximate surface area is 67.8 Å². The van der Waals surface area contributed by atoms with E-state index in [-0.39, 0.29) is 6.42 Å². The molecule has 0 aliphatic carbocycles. The lowest BCUT2D eigenvalue weighted by Gasteiger charge is -2.15. The smallest absolute Gasteiger partial charge is 0.248 e. The van der Waals surface area contributed by atoms with Gasteiger partial charge in [0.25, 0.3) is 0 Å². The summed E-state index contributed by atoms with van der Waals surface area (Å²) in [4.78, 5) is 0. The van der Waals surface area contributed by atoms with E-state index >= 15 is 0 Å². The van der Waals surface area contributed by atoms with Gasteiger partial charge in [0, 0.05) is 6.42 Å². The fraction of sp³-hybridized carbons (Fsp3) is 1.00. The van der Waals surface area contributed by atoms with Crippen LogP contribution in [0.3, 0.4) is 0 Å². The van der Waals surface area contributed by atoms with Gasteiger partial charge in [-0.05, 0) is 12.8 Å². The maximum atomic E-state index is 12.3. The first-order valence-electron chi connectivity index (χ1n) is 3.70. The van der Waals surface area contributed by atoms with Crippen molar-refractivity contribution in [1.29, 1.82) is 0 Å². The van der Waals surface area contributed by atoms with Crippen LogP contribution < -0.4 is 0 Å². The van der Waals surface area contributed by atoms with Crippen molar-refractivity contribution >= 4 is 0 Å². The SMILES string of the molecule is CC[C@H](F)CCC(F)(F)C(F)F. The molecule has 0 spiro atoms. The van der Waals surface area contributed by atoms with E-state index in [9.17, 15) is 22.0 Å². The molecule has 0 bridgehead atoms. The average Bonchev–Trinajstić information content (AvgIpc) is 2.00. The van der Waals surface area contributed by atoms with Crippen molar-refractivity contribution in [2.75, 3.05) is 0 Å². The van der Waals surface area contributed by atoms with Crippen molar-refractivity contribution in [2.24, 2.45) is 0 Å². The van der Waals surface area contributed by atoms with Crippen LogP contribution in [0.2, 0.25) is 0 Å². The average molecular weight is 190 g/mol. The van der Waals surface area contributed by atoms with Gasteiger partial charge in [-0.1, -0.05) is 6.92 Å². The van der Waals surface area contributed by atoms with Gasteiger partial charge in [-0.2, -0.15) is 0 Å². The summed E-state index contributed by atoms with van der Waals surface area (Å²) in [6.07, 6.45) is -6.61. The predicted octanol–water partition coefficient (Wildman–Crippen LogP) is 3.42. The zero-order valence-corrected chi connectivity index (χ0v) is 6.67. The molecule has 0 fully saturated rings. The van der Waals surface area contributed by atoms with E-state index in [4.69, 9.17) is 0 Å². The Morgan fingerprint density at radius 2 is 1.67 bits per heavy atom. The summed E-state index contributed by atoms with van der Waals surface area (Å²) in [6, 6.07) is 0. The Hall–Kier alpha value is -0.350. The molecular formula is C7H11F5. The Kier molecular flexibility index (Phi) is 4.49. The molecular weight excluding hydrogens is 179 g/mol. The highest BCUT2D eigenvalue weighted by Crippen LogP contribution is 2.29. The molecule has 0 nitrogen and oxygen atoms in total. The molecule has 0 N–H and O–H groups in total. The maximum absolute atomic E-state index is 12.3. The minimum Gasteiger partial charge on any atom is -0.248 e. The third-order valence-corrected chi connectivity index (χ3v) is 1.55. The number of rotatable bonds is 5. The van der Waals surface area contributed by atoms with E-state index in [1.54, 1.807) is 0 Å². The van der Waals surface area contributed by atoms with E-state index < -0.39 is 31.4 Å². The molecule has 0 radical (unpaired) electrons. The summed E-state index contributed by atoms with van der Waals surface area (Å²) in [6.45, 7) is 1.48. The third kappa shape index (κ3) is 3.88. The number of halogens is 5. The van der Waals surface area contributed by atoms with Crippen molar-refractivity contribution in [3.8, 4) is 0 Å². The van der Waals surface area contributed by atoms with Crippen LogP contribution in [0.1, 0.15) is 26.2 Å². The van der Waals surface area contributed by atoms with Crippen LogP contribution in [-0.2, 0) is 0 Å². The van der Waals surface area contributed by atoms with Crippen LogP contribution in [0.5, 0.6) is 0 Å². The second kappa shape index (κ2) is 4.62. The van der Waals surface area contributed by atoms with Gasteiger partial charge in [0.2, 0.25) is 0 Å². The van der Waals surface area contributed by atoms with Gasteiger partial charge >= 0.3 is 12.3 Å². The highest BCUT2D eigenvalue weighted by Gasteiger charge is 2.40. The normalized spacial score (nSPS) is 15.2. The Morgan fingerprint density at radius 3 is 2.00 bits per heavy atom. The summed E-state index contributed by atoms with van der Waals surface area (Å²) < 4.78 is 59.6. The molecule has 0 saturated carbocycles. The molecule has 0 heterocycles. The third-order valence-electron chi connectivity index (χ3n) is 1.55. The van der Waals surface area contributed by atoms with Crippen LogP contribution >= 0.6 is 0 Å². The standard InChI is InChI=1S/C7H11F5/c1-2-5(8)3-4-7(11,12)6(9)10/h5-6H,2-4H2,1H3/t5-/m0/s1. The van der Waals surface area contributed by atoms with Crippen molar-refractivity contribution in [3.05, 3.63) is 0 Å². The molecule has 74 valence electrons. The predicted molar refractivity (Wildman–Crippen MR) is 35.4 cm³/mol. The van der Waals surface area contributed by atoms with Crippen LogP contribution in [0.25, 0.3) is 0 Å². The van der Waals surface area contributed by atoms with Gasteiger partial charge in [0.05, 0.1) is 0 Å². The van der Waals surface area contributed by atoms with Crippen LogP contribution in [-0.4, -0.2) is 18.5 Å². The molecule has 1 atom stereocenters. The van der Waals surface area contributed by atoms with Crippen molar-refractivity contribution < 1.29 is 22.0 Å². The van der Waals surface area contributed by atoms with E-state index in [1.807, 2.05) is 0 Å². The first kappa shape index (κ1) is 11.6. The van der Waals surface area contributed by atoms with Crippen LogP contribution in [0.4, 0.5) is 22.0 Å². The largest absolute Gasteiger partial charge is 0.307 e. The summed E-state index contributed by atoms with van der Waals surface area (Å²) in [5.74, 6) is -4.04. The molecule has 0 aliphatic rings. The Balaban J connectivity index is 3.75. The van der Waals surface area contributed by atoms with E-state index in [0.717, 1.165) is 0 Å². The molecule has 12 heavy (non-hydrogen) atoms. The highest BCUT2D eigenvalue weighted by atomic mass is 19.3. The minimum atomic E-state index is -4.04. The minimum absolute atomic E-state index is 0.0827. The quantitative estimate of drug-likeness (QED) is 0.582. The van der Waals surface area contributed by atoms with Gasteiger partial charge < -0.3 is 0 Å². The van der Waals surface area contributed by atoms with E-state index in [2.05, 4.69) is 0 Å². The van der Waals surface area contributed by atoms with Crippen LogP contribution in [0, 0.1) is 0 Å². The summed E-state index contributed by atoms with van der Waals surface area (Å²) in [5.41, 5.74) is 0. The van der Waals surface area contributed by atoms with E-state index in [0.29, 0.717) is 0 Å². The molecule has 0 saturated heterocycles. The Morgan fingerprint density at radius 1 is 1.17 bits per heavy atom. The fourth-order valence-corrected chi connectivity index (χ4v) is 0.662. The van der Waals surface area contributed by atoms with E-state index in [1.165, 1.54) is 6.92 Å². The summed E-state index contributed by atoms with van der Waals surface area (Å²) in [7, 11) is 0. The first-order chi connectivity index (χ1) is 5.40. The topological polar surface area (TPSA) is 0 Å². The van der Waals surface area contributed by atoms with Gasteiger partial charge in [-0.25, -0.2) is 22.0 Å². The molecule has 0 rings (SSSR count). The second-order valence-electron chi connectivity index (χ2n) is 2.61. The zero-order valence-electron chi connectivity index (χ0n) is 6.67. The van der Waals surface area contributed by atoms with Gasteiger partial charge in [-0.3, -0.25) is 0 Å². The number of hydrogen-bond acceptors (Lipinski definition) is 0. The van der Waals surface area contributed by atoms with Crippen molar-refractivity contribution in [3.63, 3.8) is 0 Å². The molecule has 0 aliphatic heterocycles. The molecule has 5 heteroatoms. The lowest BCUT2D eigenvalue weighted by atomic mass is 10.1. The zero-order chi connectivity index (χ0) is 9.78. The lowest BCUT2D eigenvalue weighted by Crippen LogP contribution is -2.27. The fourth-order valence-electron chi connectivity index (χ4n) is 0.662. The second-order valence-corrected chi connectivity index (χ2v) is 2.61.